The Bertz CT molecular complexity index is 1040. The SMILES string of the molecule is Cc1cc(C#N)cc2c(/C=N/NC(N)=NCCc3ccc(Cl)cc3)c[nH]c12. The van der Waals surface area contributed by atoms with E-state index in [-0.39, 0.29) is 5.96 Å². The minimum Gasteiger partial charge on any atom is -0.369 e. The first kappa shape index (κ1) is 18.5. The highest BCUT2D eigenvalue weighted by molar-refractivity contribution is 6.30. The molecule has 0 fully saturated rings. The monoisotopic (exact) mass is 378 g/mol. The molecule has 3 rings (SSSR count). The summed E-state index contributed by atoms with van der Waals surface area (Å²) in [4.78, 5) is 7.45. The zero-order valence-electron chi connectivity index (χ0n) is 14.8. The van der Waals surface area contributed by atoms with Gasteiger partial charge in [0.15, 0.2) is 0 Å². The van der Waals surface area contributed by atoms with Gasteiger partial charge < -0.3 is 10.7 Å². The molecular weight excluding hydrogens is 360 g/mol. The Kier molecular flexibility index (Phi) is 5.74. The van der Waals surface area contributed by atoms with E-state index in [9.17, 15) is 0 Å². The number of aromatic amines is 1. The van der Waals surface area contributed by atoms with Crippen LogP contribution in [0.15, 0.2) is 52.7 Å². The largest absolute Gasteiger partial charge is 0.369 e. The molecule has 4 N–H and O–H groups in total. The molecule has 6 nitrogen and oxygen atoms in total. The van der Waals surface area contributed by atoms with Gasteiger partial charge in [0, 0.05) is 34.2 Å². The number of hydrogen-bond acceptors (Lipinski definition) is 3. The van der Waals surface area contributed by atoms with Crippen molar-refractivity contribution in [3.05, 3.63) is 69.9 Å². The first-order valence-corrected chi connectivity index (χ1v) is 8.80. The van der Waals surface area contributed by atoms with E-state index in [1.807, 2.05) is 49.5 Å². The molecule has 0 atom stereocenters. The zero-order chi connectivity index (χ0) is 19.2. The van der Waals surface area contributed by atoms with Crippen LogP contribution in [0.2, 0.25) is 5.02 Å². The first-order chi connectivity index (χ1) is 13.1. The number of aliphatic imine (C=N–C) groups is 1. The third kappa shape index (κ3) is 4.66. The Balaban J connectivity index is 1.61. The molecule has 0 bridgehead atoms. The summed E-state index contributed by atoms with van der Waals surface area (Å²) in [7, 11) is 0. The van der Waals surface area contributed by atoms with Crippen LogP contribution in [0.5, 0.6) is 0 Å². The number of nitrogens with one attached hydrogen (secondary N) is 2. The summed E-state index contributed by atoms with van der Waals surface area (Å²) in [6, 6.07) is 13.5. The number of aromatic nitrogens is 1. The van der Waals surface area contributed by atoms with Crippen molar-refractivity contribution < 1.29 is 0 Å². The fraction of sp³-hybridized carbons (Fsp3) is 0.150. The van der Waals surface area contributed by atoms with E-state index in [1.165, 1.54) is 0 Å². The lowest BCUT2D eigenvalue weighted by Crippen LogP contribution is -2.27. The summed E-state index contributed by atoms with van der Waals surface area (Å²) in [6.07, 6.45) is 4.26. The van der Waals surface area contributed by atoms with Gasteiger partial charge in [-0.05, 0) is 48.7 Å². The van der Waals surface area contributed by atoms with Gasteiger partial charge in [0.1, 0.15) is 0 Å². The molecule has 7 heteroatoms. The van der Waals surface area contributed by atoms with Crippen LogP contribution >= 0.6 is 11.6 Å². The van der Waals surface area contributed by atoms with Gasteiger partial charge in [-0.3, -0.25) is 4.99 Å². The van der Waals surface area contributed by atoms with Crippen LogP contribution in [0, 0.1) is 18.3 Å². The Morgan fingerprint density at radius 2 is 2.11 bits per heavy atom. The molecule has 0 radical (unpaired) electrons. The van der Waals surface area contributed by atoms with Gasteiger partial charge in [-0.25, -0.2) is 5.43 Å². The third-order valence-corrected chi connectivity index (χ3v) is 4.38. The molecule has 136 valence electrons. The highest BCUT2D eigenvalue weighted by atomic mass is 35.5. The number of hydrogen-bond donors (Lipinski definition) is 3. The second kappa shape index (κ2) is 8.39. The average molecular weight is 379 g/mol. The normalized spacial score (nSPS) is 11.8. The van der Waals surface area contributed by atoms with Gasteiger partial charge in [0.05, 0.1) is 17.8 Å². The van der Waals surface area contributed by atoms with Gasteiger partial charge in [0.2, 0.25) is 5.96 Å². The first-order valence-electron chi connectivity index (χ1n) is 8.42. The number of hydrazone groups is 1. The van der Waals surface area contributed by atoms with Crippen molar-refractivity contribution in [2.24, 2.45) is 15.8 Å². The van der Waals surface area contributed by atoms with Gasteiger partial charge in [-0.1, -0.05) is 23.7 Å². The fourth-order valence-electron chi connectivity index (χ4n) is 2.77. The number of nitriles is 1. The van der Waals surface area contributed by atoms with Gasteiger partial charge in [-0.15, -0.1) is 0 Å². The lowest BCUT2D eigenvalue weighted by Gasteiger charge is -2.01. The molecule has 0 aliphatic heterocycles. The molecule has 0 amide bonds. The number of fused-ring (bicyclic) bond motifs is 1. The number of nitrogens with two attached hydrogens (primary N) is 1. The smallest absolute Gasteiger partial charge is 0.209 e. The summed E-state index contributed by atoms with van der Waals surface area (Å²) in [6.45, 7) is 2.51. The quantitative estimate of drug-likeness (QED) is 0.359. The molecule has 0 aliphatic carbocycles. The molecule has 1 aromatic heterocycles. The molecule has 0 saturated heterocycles. The summed E-state index contributed by atoms with van der Waals surface area (Å²) in [5.74, 6) is 0.244. The summed E-state index contributed by atoms with van der Waals surface area (Å²) in [5.41, 5.74) is 13.2. The third-order valence-electron chi connectivity index (χ3n) is 4.13. The summed E-state index contributed by atoms with van der Waals surface area (Å²) in [5, 5.41) is 14.9. The van der Waals surface area contributed by atoms with E-state index in [0.29, 0.717) is 17.1 Å². The van der Waals surface area contributed by atoms with Crippen LogP contribution in [-0.2, 0) is 6.42 Å². The van der Waals surface area contributed by atoms with Crippen LogP contribution in [0.25, 0.3) is 10.9 Å². The maximum absolute atomic E-state index is 9.13. The van der Waals surface area contributed by atoms with E-state index in [0.717, 1.165) is 34.0 Å². The van der Waals surface area contributed by atoms with Crippen molar-refractivity contribution in [3.63, 3.8) is 0 Å². The lowest BCUT2D eigenvalue weighted by atomic mass is 10.1. The van der Waals surface area contributed by atoms with Crippen LogP contribution in [-0.4, -0.2) is 23.7 Å². The lowest BCUT2D eigenvalue weighted by molar-refractivity contribution is 0.926. The minimum atomic E-state index is 0.244. The number of guanidine groups is 1. The van der Waals surface area contributed by atoms with Crippen molar-refractivity contribution in [2.45, 2.75) is 13.3 Å². The highest BCUT2D eigenvalue weighted by Gasteiger charge is 2.06. The van der Waals surface area contributed by atoms with Crippen molar-refractivity contribution >= 4 is 34.7 Å². The highest BCUT2D eigenvalue weighted by Crippen LogP contribution is 2.22. The summed E-state index contributed by atoms with van der Waals surface area (Å²) < 4.78 is 0. The molecular formula is C20H19ClN6. The molecule has 2 aromatic carbocycles. The Hall–Kier alpha value is -3.30. The standard InChI is InChI=1S/C20H19ClN6/c1-13-8-15(10-22)9-18-16(11-25-19(13)18)12-26-27-20(23)24-7-6-14-2-4-17(21)5-3-14/h2-5,8-9,11-12,25H,6-7H2,1H3,(H3,23,24,27)/b26-12+. The molecule has 0 unspecified atom stereocenters. The molecule has 0 saturated carbocycles. The Morgan fingerprint density at radius 3 is 2.85 bits per heavy atom. The maximum Gasteiger partial charge on any atom is 0.209 e. The predicted molar refractivity (Wildman–Crippen MR) is 110 cm³/mol. The number of H-pyrrole nitrogens is 1. The molecule has 3 aromatic rings. The van der Waals surface area contributed by atoms with Crippen molar-refractivity contribution in [2.75, 3.05) is 6.54 Å². The number of aryl methyl sites for hydroxylation is 1. The minimum absolute atomic E-state index is 0.244. The zero-order valence-corrected chi connectivity index (χ0v) is 15.6. The Labute approximate surface area is 162 Å². The fourth-order valence-corrected chi connectivity index (χ4v) is 2.89. The van der Waals surface area contributed by atoms with E-state index >= 15 is 0 Å². The van der Waals surface area contributed by atoms with Gasteiger partial charge in [-0.2, -0.15) is 10.4 Å². The van der Waals surface area contributed by atoms with Crippen molar-refractivity contribution in [1.82, 2.24) is 10.4 Å². The summed E-state index contributed by atoms with van der Waals surface area (Å²) >= 11 is 5.87. The van der Waals surface area contributed by atoms with Gasteiger partial charge >= 0.3 is 0 Å². The maximum atomic E-state index is 9.13. The second-order valence-corrected chi connectivity index (χ2v) is 6.52. The number of rotatable bonds is 5. The molecule has 0 aliphatic rings. The topological polar surface area (TPSA) is 102 Å². The number of nitrogens with zero attached hydrogens (tertiary/aromatic N) is 3. The van der Waals surface area contributed by atoms with Gasteiger partial charge in [0.25, 0.3) is 0 Å². The van der Waals surface area contributed by atoms with Crippen LogP contribution < -0.4 is 11.2 Å². The van der Waals surface area contributed by atoms with E-state index in [4.69, 9.17) is 22.6 Å². The molecule has 0 spiro atoms. The second-order valence-electron chi connectivity index (χ2n) is 6.08. The van der Waals surface area contributed by atoms with Crippen LogP contribution in [0.4, 0.5) is 0 Å². The van der Waals surface area contributed by atoms with E-state index < -0.39 is 0 Å². The van der Waals surface area contributed by atoms with E-state index in [2.05, 4.69) is 26.6 Å². The van der Waals surface area contributed by atoms with Crippen LogP contribution in [0.1, 0.15) is 22.3 Å². The van der Waals surface area contributed by atoms with E-state index in [1.54, 1.807) is 6.21 Å². The van der Waals surface area contributed by atoms with Crippen molar-refractivity contribution in [3.8, 4) is 6.07 Å². The Morgan fingerprint density at radius 1 is 1.33 bits per heavy atom. The van der Waals surface area contributed by atoms with Crippen molar-refractivity contribution in [1.29, 1.82) is 5.26 Å². The average Bonchev–Trinajstić information content (AvgIpc) is 3.07. The molecule has 1 heterocycles. The number of benzene rings is 2. The van der Waals surface area contributed by atoms with Crippen LogP contribution in [0.3, 0.4) is 0 Å². The predicted octanol–water partition coefficient (Wildman–Crippen LogP) is 3.48. The molecule has 27 heavy (non-hydrogen) atoms. The number of halogens is 1.